The van der Waals surface area contributed by atoms with Crippen molar-refractivity contribution in [3.8, 4) is 5.75 Å². The minimum Gasteiger partial charge on any atom is -0.487 e. The van der Waals surface area contributed by atoms with E-state index in [2.05, 4.69) is 0 Å². The molecule has 0 spiro atoms. The smallest absolute Gasteiger partial charge is 0.197 e. The normalized spacial score (nSPS) is 12.0. The summed E-state index contributed by atoms with van der Waals surface area (Å²) in [5, 5.41) is 1.40. The van der Waals surface area contributed by atoms with Crippen molar-refractivity contribution < 1.29 is 9.47 Å². The van der Waals surface area contributed by atoms with Crippen molar-refractivity contribution in [2.45, 2.75) is 6.92 Å². The van der Waals surface area contributed by atoms with E-state index in [1.807, 2.05) is 67.1 Å². The third kappa shape index (κ3) is 2.93. The molecule has 0 atom stereocenters. The lowest BCUT2D eigenvalue weighted by atomic mass is 10.1. The number of fused-ring (bicyclic) bond motifs is 2. The Morgan fingerprint density at radius 2 is 1.88 bits per heavy atom. The van der Waals surface area contributed by atoms with Crippen molar-refractivity contribution in [3.63, 3.8) is 0 Å². The van der Waals surface area contributed by atoms with Crippen LogP contribution in [-0.2, 0) is 11.8 Å². The molecule has 3 aromatic rings. The van der Waals surface area contributed by atoms with Crippen LogP contribution in [0.15, 0.2) is 58.9 Å². The highest BCUT2D eigenvalue weighted by molar-refractivity contribution is 5.96. The van der Waals surface area contributed by atoms with Gasteiger partial charge in [-0.15, -0.1) is 0 Å². The summed E-state index contributed by atoms with van der Waals surface area (Å²) in [7, 11) is 3.63. The van der Waals surface area contributed by atoms with Gasteiger partial charge in [-0.1, -0.05) is 24.3 Å². The highest BCUT2D eigenvalue weighted by Crippen LogP contribution is 2.26. The van der Waals surface area contributed by atoms with Crippen molar-refractivity contribution in [2.75, 3.05) is 20.3 Å². The molecule has 0 aliphatic carbocycles. The molecule has 24 heavy (non-hydrogen) atoms. The lowest BCUT2D eigenvalue weighted by Crippen LogP contribution is -2.11. The van der Waals surface area contributed by atoms with E-state index in [-0.39, 0.29) is 5.43 Å². The lowest BCUT2D eigenvalue weighted by molar-refractivity contribution is 0.232. The number of aryl methyl sites for hydroxylation is 1. The number of ether oxygens (including phenoxy) is 2. The molecule has 0 N–H and O–H groups in total. The average molecular weight is 323 g/mol. The Kier molecular flexibility index (Phi) is 4.67. The van der Waals surface area contributed by atoms with Crippen LogP contribution < -0.4 is 10.2 Å². The lowest BCUT2D eigenvalue weighted by Gasteiger charge is -2.15. The molecule has 4 nitrogen and oxygen atoms in total. The van der Waals surface area contributed by atoms with Gasteiger partial charge in [0.2, 0.25) is 0 Å². The van der Waals surface area contributed by atoms with E-state index in [0.717, 1.165) is 22.0 Å². The highest BCUT2D eigenvalue weighted by Gasteiger charge is 2.12. The van der Waals surface area contributed by atoms with Gasteiger partial charge in [0.1, 0.15) is 12.4 Å². The topological polar surface area (TPSA) is 40.5 Å². The van der Waals surface area contributed by atoms with Gasteiger partial charge >= 0.3 is 0 Å². The number of benzene rings is 2. The quantitative estimate of drug-likeness (QED) is 0.531. The first-order valence-electron chi connectivity index (χ1n) is 7.91. The van der Waals surface area contributed by atoms with Gasteiger partial charge in [0, 0.05) is 19.5 Å². The Morgan fingerprint density at radius 1 is 1.12 bits per heavy atom. The standard InChI is InChI=1S/C20H21NO3/c1-14(11-12-23-3)13-24-18-10-6-8-16-19(18)21(2)17-9-5-4-7-15(17)20(16)22/h4-11H,12-13H2,1-3H3/b14-11+. The van der Waals surface area contributed by atoms with Gasteiger partial charge in [-0.2, -0.15) is 0 Å². The maximum atomic E-state index is 12.8. The number of hydrogen-bond donors (Lipinski definition) is 0. The van der Waals surface area contributed by atoms with Crippen LogP contribution in [0.5, 0.6) is 5.75 Å². The summed E-state index contributed by atoms with van der Waals surface area (Å²) in [5.74, 6) is 0.711. The van der Waals surface area contributed by atoms with Crippen molar-refractivity contribution in [1.29, 1.82) is 0 Å². The number of para-hydroxylation sites is 2. The van der Waals surface area contributed by atoms with Gasteiger partial charge in [-0.05, 0) is 36.8 Å². The Hall–Kier alpha value is -2.59. The number of aromatic nitrogens is 1. The van der Waals surface area contributed by atoms with Crippen LogP contribution in [0.4, 0.5) is 0 Å². The van der Waals surface area contributed by atoms with Crippen LogP contribution in [0.3, 0.4) is 0 Å². The van der Waals surface area contributed by atoms with E-state index < -0.39 is 0 Å². The summed E-state index contributed by atoms with van der Waals surface area (Å²) in [6.45, 7) is 3.02. The summed E-state index contributed by atoms with van der Waals surface area (Å²) in [5.41, 5.74) is 2.84. The second-order valence-electron chi connectivity index (χ2n) is 5.85. The molecule has 124 valence electrons. The monoisotopic (exact) mass is 323 g/mol. The molecule has 0 bridgehead atoms. The predicted octanol–water partition coefficient (Wildman–Crippen LogP) is 3.66. The van der Waals surface area contributed by atoms with Crippen LogP contribution in [0, 0.1) is 0 Å². The van der Waals surface area contributed by atoms with E-state index in [1.165, 1.54) is 0 Å². The summed E-state index contributed by atoms with van der Waals surface area (Å²) < 4.78 is 13.0. The molecule has 0 radical (unpaired) electrons. The fourth-order valence-electron chi connectivity index (χ4n) is 2.87. The summed E-state index contributed by atoms with van der Waals surface area (Å²) in [4.78, 5) is 12.8. The first-order chi connectivity index (χ1) is 11.6. The predicted molar refractivity (Wildman–Crippen MR) is 97.8 cm³/mol. The van der Waals surface area contributed by atoms with E-state index in [4.69, 9.17) is 9.47 Å². The molecular weight excluding hydrogens is 302 g/mol. The molecule has 0 fully saturated rings. The Bertz CT molecular complexity index is 970. The summed E-state index contributed by atoms with van der Waals surface area (Å²) >= 11 is 0. The third-order valence-corrected chi connectivity index (χ3v) is 4.14. The first kappa shape index (κ1) is 16.3. The molecule has 0 aliphatic rings. The largest absolute Gasteiger partial charge is 0.487 e. The second kappa shape index (κ2) is 6.89. The molecule has 1 aromatic heterocycles. The first-order valence-corrected chi connectivity index (χ1v) is 7.91. The Labute approximate surface area is 140 Å². The zero-order valence-corrected chi connectivity index (χ0v) is 14.2. The highest BCUT2D eigenvalue weighted by atomic mass is 16.5. The van der Waals surface area contributed by atoms with Crippen molar-refractivity contribution in [3.05, 3.63) is 64.3 Å². The van der Waals surface area contributed by atoms with E-state index in [9.17, 15) is 4.79 Å². The average Bonchev–Trinajstić information content (AvgIpc) is 2.62. The van der Waals surface area contributed by atoms with Crippen molar-refractivity contribution in [1.82, 2.24) is 4.57 Å². The van der Waals surface area contributed by atoms with Crippen LogP contribution in [0.25, 0.3) is 21.8 Å². The summed E-state index contributed by atoms with van der Waals surface area (Å²) in [6.07, 6.45) is 1.99. The van der Waals surface area contributed by atoms with Gasteiger partial charge in [-0.25, -0.2) is 0 Å². The molecule has 1 heterocycles. The van der Waals surface area contributed by atoms with Gasteiger partial charge in [-0.3, -0.25) is 4.79 Å². The molecule has 0 unspecified atom stereocenters. The SMILES string of the molecule is COC/C=C(\C)COc1cccc2c(=O)c3ccccc3n(C)c12. The molecular formula is C20H21NO3. The molecule has 3 rings (SSSR count). The maximum Gasteiger partial charge on any atom is 0.197 e. The van der Waals surface area contributed by atoms with Gasteiger partial charge in [0.25, 0.3) is 0 Å². The van der Waals surface area contributed by atoms with Crippen LogP contribution in [0.2, 0.25) is 0 Å². The third-order valence-electron chi connectivity index (χ3n) is 4.14. The second-order valence-corrected chi connectivity index (χ2v) is 5.85. The van der Waals surface area contributed by atoms with Crippen molar-refractivity contribution in [2.24, 2.45) is 7.05 Å². The van der Waals surface area contributed by atoms with Crippen molar-refractivity contribution >= 4 is 21.8 Å². The Balaban J connectivity index is 2.11. The minimum absolute atomic E-state index is 0.0378. The van der Waals surface area contributed by atoms with Gasteiger partial charge in [0.15, 0.2) is 5.43 Å². The van der Waals surface area contributed by atoms with Crippen LogP contribution in [-0.4, -0.2) is 24.9 Å². The maximum absolute atomic E-state index is 12.8. The molecule has 0 amide bonds. The summed E-state index contributed by atoms with van der Waals surface area (Å²) in [6, 6.07) is 13.3. The molecule has 2 aromatic carbocycles. The Morgan fingerprint density at radius 3 is 2.67 bits per heavy atom. The van der Waals surface area contributed by atoms with E-state index >= 15 is 0 Å². The van der Waals surface area contributed by atoms with Gasteiger partial charge < -0.3 is 14.0 Å². The number of hydrogen-bond acceptors (Lipinski definition) is 3. The molecule has 4 heteroatoms. The minimum atomic E-state index is 0.0378. The number of pyridine rings is 1. The zero-order chi connectivity index (χ0) is 17.1. The van der Waals surface area contributed by atoms with Gasteiger partial charge in [0.05, 0.1) is 23.0 Å². The number of methoxy groups -OCH3 is 1. The van der Waals surface area contributed by atoms with E-state index in [1.54, 1.807) is 7.11 Å². The fraction of sp³-hybridized carbons (Fsp3) is 0.250. The number of nitrogens with zero attached hydrogens (tertiary/aromatic N) is 1. The zero-order valence-electron chi connectivity index (χ0n) is 14.2. The molecule has 0 saturated heterocycles. The molecule has 0 saturated carbocycles. The van der Waals surface area contributed by atoms with Crippen LogP contribution in [0.1, 0.15) is 6.92 Å². The fourth-order valence-corrected chi connectivity index (χ4v) is 2.87. The molecule has 0 aliphatic heterocycles. The number of rotatable bonds is 5. The van der Waals surface area contributed by atoms with Crippen LogP contribution >= 0.6 is 0 Å². The van der Waals surface area contributed by atoms with E-state index in [0.29, 0.717) is 24.3 Å².